The van der Waals surface area contributed by atoms with Crippen molar-refractivity contribution in [1.82, 2.24) is 9.91 Å². The summed E-state index contributed by atoms with van der Waals surface area (Å²) in [6, 6.07) is 23.5. The highest BCUT2D eigenvalue weighted by Gasteiger charge is 2.39. The van der Waals surface area contributed by atoms with E-state index in [1.807, 2.05) is 48.5 Å². The van der Waals surface area contributed by atoms with E-state index in [-0.39, 0.29) is 18.1 Å². The molecule has 0 aromatic heterocycles. The number of halogens is 1. The minimum absolute atomic E-state index is 0.00430. The number of nitrogens with zero attached hydrogens (tertiary/aromatic N) is 4. The zero-order valence-electron chi connectivity index (χ0n) is 17.4. The van der Waals surface area contributed by atoms with Crippen LogP contribution in [0.5, 0.6) is 0 Å². The average Bonchev–Trinajstić information content (AvgIpc) is 3.08. The number of non-ortho nitro benzene ring substituents is 1. The van der Waals surface area contributed by atoms with Crippen LogP contribution in [0.3, 0.4) is 0 Å². The Kier molecular flexibility index (Phi) is 6.30. The van der Waals surface area contributed by atoms with Crippen LogP contribution in [-0.4, -0.2) is 33.0 Å². The molecule has 1 aliphatic rings. The van der Waals surface area contributed by atoms with E-state index in [4.69, 9.17) is 11.6 Å². The summed E-state index contributed by atoms with van der Waals surface area (Å²) in [6.07, 6.45) is -0.422. The molecule has 0 saturated carbocycles. The number of carbonyl (C=O) groups is 1. The Balaban J connectivity index is 1.69. The number of hydrogen-bond acceptors (Lipinski definition) is 5. The molecule has 0 bridgehead atoms. The van der Waals surface area contributed by atoms with Gasteiger partial charge >= 0.3 is 0 Å². The van der Waals surface area contributed by atoms with Crippen molar-refractivity contribution in [2.45, 2.75) is 19.6 Å². The Morgan fingerprint density at radius 3 is 2.47 bits per heavy atom. The van der Waals surface area contributed by atoms with Gasteiger partial charge in [-0.05, 0) is 47.9 Å². The second kappa shape index (κ2) is 9.30. The van der Waals surface area contributed by atoms with Gasteiger partial charge in [0.05, 0.1) is 17.2 Å². The number of amides is 1. The third-order valence-corrected chi connectivity index (χ3v) is 5.54. The van der Waals surface area contributed by atoms with E-state index in [9.17, 15) is 14.9 Å². The van der Waals surface area contributed by atoms with Crippen molar-refractivity contribution in [3.63, 3.8) is 0 Å². The van der Waals surface area contributed by atoms with Gasteiger partial charge in [-0.1, -0.05) is 54.1 Å². The van der Waals surface area contributed by atoms with Gasteiger partial charge in [-0.15, -0.1) is 0 Å². The Hall–Kier alpha value is -3.55. The molecule has 1 heterocycles. The summed E-state index contributed by atoms with van der Waals surface area (Å²) in [5.41, 5.74) is 3.24. The number of nitro benzene ring substituents is 1. The van der Waals surface area contributed by atoms with Gasteiger partial charge in [0.1, 0.15) is 6.17 Å². The summed E-state index contributed by atoms with van der Waals surface area (Å²) in [6.45, 7) is 2.57. The van der Waals surface area contributed by atoms with Gasteiger partial charge in [0.15, 0.2) is 0 Å². The molecule has 8 heteroatoms. The van der Waals surface area contributed by atoms with Gasteiger partial charge in [-0.2, -0.15) is 5.10 Å². The van der Waals surface area contributed by atoms with Gasteiger partial charge < -0.3 is 0 Å². The standard InChI is InChI=1S/C24H21ClN4O3/c1-17(19-10-12-22(13-11-19)29(31)32)26-28-23(30)16-27(15-18-6-3-2-4-7-18)24(28)20-8-5-9-21(25)14-20/h2-14,24H,15-16H2,1H3/b26-17-/t24-/m1/s1. The minimum Gasteiger partial charge on any atom is -0.271 e. The molecule has 0 radical (unpaired) electrons. The maximum atomic E-state index is 13.0. The summed E-state index contributed by atoms with van der Waals surface area (Å²) in [5.74, 6) is -0.132. The molecule has 0 unspecified atom stereocenters. The molecule has 1 fully saturated rings. The topological polar surface area (TPSA) is 79.0 Å². The van der Waals surface area contributed by atoms with E-state index >= 15 is 0 Å². The SMILES string of the molecule is C/C(=N/N1C(=O)CN(Cc2ccccc2)[C@H]1c1cccc(Cl)c1)c1ccc([N+](=O)[O-])cc1. The lowest BCUT2D eigenvalue weighted by Gasteiger charge is -2.28. The van der Waals surface area contributed by atoms with Crippen LogP contribution in [0.2, 0.25) is 5.02 Å². The maximum Gasteiger partial charge on any atom is 0.269 e. The highest BCUT2D eigenvalue weighted by Crippen LogP contribution is 2.34. The highest BCUT2D eigenvalue weighted by molar-refractivity contribution is 6.30. The summed E-state index contributed by atoms with van der Waals surface area (Å²) in [4.78, 5) is 25.5. The van der Waals surface area contributed by atoms with Crippen LogP contribution in [0.4, 0.5) is 5.69 Å². The molecule has 0 N–H and O–H groups in total. The average molecular weight is 449 g/mol. The van der Waals surface area contributed by atoms with Crippen LogP contribution in [0.1, 0.15) is 29.8 Å². The molecule has 3 aromatic rings. The number of hydrazone groups is 1. The van der Waals surface area contributed by atoms with Crippen molar-refractivity contribution in [2.24, 2.45) is 5.10 Å². The van der Waals surface area contributed by atoms with Crippen LogP contribution in [-0.2, 0) is 11.3 Å². The Morgan fingerprint density at radius 1 is 1.09 bits per heavy atom. The first-order chi connectivity index (χ1) is 15.4. The van der Waals surface area contributed by atoms with E-state index in [2.05, 4.69) is 10.0 Å². The van der Waals surface area contributed by atoms with E-state index in [1.54, 1.807) is 25.1 Å². The summed E-state index contributed by atoms with van der Waals surface area (Å²) < 4.78 is 0. The normalized spacial score (nSPS) is 17.1. The second-order valence-corrected chi connectivity index (χ2v) is 7.98. The van der Waals surface area contributed by atoms with Gasteiger partial charge in [-0.25, -0.2) is 5.01 Å². The summed E-state index contributed by atoms with van der Waals surface area (Å²) >= 11 is 6.24. The molecule has 3 aromatic carbocycles. The van der Waals surface area contributed by atoms with Gasteiger partial charge in [0, 0.05) is 23.7 Å². The molecule has 0 spiro atoms. The Bertz CT molecular complexity index is 1170. The molecule has 32 heavy (non-hydrogen) atoms. The summed E-state index contributed by atoms with van der Waals surface area (Å²) in [7, 11) is 0. The summed E-state index contributed by atoms with van der Waals surface area (Å²) in [5, 5.41) is 17.6. The van der Waals surface area contributed by atoms with Gasteiger partial charge in [-0.3, -0.25) is 19.8 Å². The number of benzene rings is 3. The molecule has 1 amide bonds. The highest BCUT2D eigenvalue weighted by atomic mass is 35.5. The van der Waals surface area contributed by atoms with Crippen LogP contribution in [0.25, 0.3) is 0 Å². The van der Waals surface area contributed by atoms with E-state index in [0.29, 0.717) is 22.8 Å². The lowest BCUT2D eigenvalue weighted by atomic mass is 10.1. The van der Waals surface area contributed by atoms with Crippen molar-refractivity contribution in [1.29, 1.82) is 0 Å². The van der Waals surface area contributed by atoms with Crippen LogP contribution >= 0.6 is 11.6 Å². The molecule has 1 atom stereocenters. The second-order valence-electron chi connectivity index (χ2n) is 7.55. The number of carbonyl (C=O) groups excluding carboxylic acids is 1. The first-order valence-electron chi connectivity index (χ1n) is 10.1. The van der Waals surface area contributed by atoms with Crippen molar-refractivity contribution in [3.8, 4) is 0 Å². The predicted molar refractivity (Wildman–Crippen MR) is 123 cm³/mol. The lowest BCUT2D eigenvalue weighted by Crippen LogP contribution is -2.29. The molecule has 1 saturated heterocycles. The fraction of sp³-hybridized carbons (Fsp3) is 0.167. The van der Waals surface area contributed by atoms with Crippen molar-refractivity contribution in [3.05, 3.63) is 111 Å². The molecular formula is C24H21ClN4O3. The van der Waals surface area contributed by atoms with Crippen LogP contribution in [0.15, 0.2) is 84.0 Å². The smallest absolute Gasteiger partial charge is 0.269 e. The first-order valence-corrected chi connectivity index (χ1v) is 10.5. The molecule has 0 aliphatic carbocycles. The quantitative estimate of drug-likeness (QED) is 0.301. The number of hydrogen-bond donors (Lipinski definition) is 0. The van der Waals surface area contributed by atoms with Gasteiger partial charge in [0.2, 0.25) is 0 Å². The van der Waals surface area contributed by atoms with E-state index < -0.39 is 11.1 Å². The minimum atomic E-state index is -0.448. The lowest BCUT2D eigenvalue weighted by molar-refractivity contribution is -0.384. The number of rotatable bonds is 6. The molecule has 7 nitrogen and oxygen atoms in total. The first kappa shape index (κ1) is 21.7. The molecule has 1 aliphatic heterocycles. The molecule has 162 valence electrons. The van der Waals surface area contributed by atoms with Gasteiger partial charge in [0.25, 0.3) is 11.6 Å². The zero-order chi connectivity index (χ0) is 22.7. The monoisotopic (exact) mass is 448 g/mol. The predicted octanol–water partition coefficient (Wildman–Crippen LogP) is 5.02. The Labute approximate surface area is 190 Å². The fourth-order valence-electron chi connectivity index (χ4n) is 3.76. The van der Waals surface area contributed by atoms with Crippen molar-refractivity contribution in [2.75, 3.05) is 6.54 Å². The van der Waals surface area contributed by atoms with Crippen molar-refractivity contribution >= 4 is 28.9 Å². The fourth-order valence-corrected chi connectivity index (χ4v) is 3.96. The maximum absolute atomic E-state index is 13.0. The molecular weight excluding hydrogens is 428 g/mol. The largest absolute Gasteiger partial charge is 0.271 e. The Morgan fingerprint density at radius 2 is 1.81 bits per heavy atom. The van der Waals surface area contributed by atoms with E-state index in [0.717, 1.165) is 11.1 Å². The van der Waals surface area contributed by atoms with E-state index in [1.165, 1.54) is 17.1 Å². The van der Waals surface area contributed by atoms with Crippen molar-refractivity contribution < 1.29 is 9.72 Å². The number of nitro groups is 1. The molecule has 4 rings (SSSR count). The third kappa shape index (κ3) is 4.69. The van der Waals surface area contributed by atoms with Crippen LogP contribution < -0.4 is 0 Å². The third-order valence-electron chi connectivity index (χ3n) is 5.30. The zero-order valence-corrected chi connectivity index (χ0v) is 18.1. The van der Waals surface area contributed by atoms with Crippen LogP contribution in [0, 0.1) is 10.1 Å².